The Balaban J connectivity index is 1.85. The van der Waals surface area contributed by atoms with Gasteiger partial charge in [0.15, 0.2) is 5.96 Å². The van der Waals surface area contributed by atoms with E-state index in [-0.39, 0.29) is 5.91 Å². The number of aliphatic imine (C=N–C) groups is 1. The number of benzene rings is 1. The number of hydrogen-bond donors (Lipinski definition) is 3. The van der Waals surface area contributed by atoms with Crippen molar-refractivity contribution < 1.29 is 4.79 Å². The highest BCUT2D eigenvalue weighted by Crippen LogP contribution is 2.07. The number of nitrogens with one attached hydrogen (secondary N) is 3. The summed E-state index contributed by atoms with van der Waals surface area (Å²) in [5, 5.41) is 10.00. The molecule has 0 radical (unpaired) electrons. The Hall–Kier alpha value is -2.60. The summed E-state index contributed by atoms with van der Waals surface area (Å²) in [6, 6.07) is 11.4. The largest absolute Gasteiger partial charge is 0.357 e. The maximum absolute atomic E-state index is 12.1. The van der Waals surface area contributed by atoms with Gasteiger partial charge in [-0.3, -0.25) is 4.79 Å². The number of aromatic nitrogens is 1. The topological polar surface area (TPSA) is 78.4 Å². The van der Waals surface area contributed by atoms with Crippen molar-refractivity contribution in [1.82, 2.24) is 20.9 Å². The van der Waals surface area contributed by atoms with Crippen molar-refractivity contribution in [3.63, 3.8) is 0 Å². The first-order chi connectivity index (χ1) is 14.1. The second kappa shape index (κ2) is 12.8. The lowest BCUT2D eigenvalue weighted by atomic mass is 10.1. The number of rotatable bonds is 10. The normalized spacial score (nSPS) is 11.2. The molecule has 0 atom stereocenters. The minimum Gasteiger partial charge on any atom is -0.357 e. The van der Waals surface area contributed by atoms with E-state index in [2.05, 4.69) is 32.9 Å². The van der Waals surface area contributed by atoms with Crippen molar-refractivity contribution in [2.24, 2.45) is 4.99 Å². The number of amides is 1. The van der Waals surface area contributed by atoms with E-state index < -0.39 is 0 Å². The van der Waals surface area contributed by atoms with Gasteiger partial charge in [0.1, 0.15) is 5.15 Å². The van der Waals surface area contributed by atoms with Gasteiger partial charge in [-0.25, -0.2) is 9.98 Å². The van der Waals surface area contributed by atoms with E-state index in [1.54, 1.807) is 12.3 Å². The van der Waals surface area contributed by atoms with Crippen LogP contribution in [0.5, 0.6) is 0 Å². The molecule has 0 spiro atoms. The smallest absolute Gasteiger partial charge is 0.251 e. The van der Waals surface area contributed by atoms with Crippen molar-refractivity contribution in [2.75, 3.05) is 19.6 Å². The summed E-state index contributed by atoms with van der Waals surface area (Å²) < 4.78 is 0. The molecule has 1 heterocycles. The number of carbonyl (C=O) groups is 1. The Morgan fingerprint density at radius 2 is 1.76 bits per heavy atom. The predicted octanol–water partition coefficient (Wildman–Crippen LogP) is 3.56. The third kappa shape index (κ3) is 8.52. The van der Waals surface area contributed by atoms with E-state index in [4.69, 9.17) is 11.6 Å². The molecule has 0 fully saturated rings. The fourth-order valence-electron chi connectivity index (χ4n) is 2.63. The second-order valence-electron chi connectivity index (χ2n) is 6.67. The first-order valence-corrected chi connectivity index (χ1v) is 10.5. The van der Waals surface area contributed by atoms with E-state index in [0.29, 0.717) is 23.8 Å². The molecule has 3 N–H and O–H groups in total. The van der Waals surface area contributed by atoms with Gasteiger partial charge >= 0.3 is 0 Å². The predicted molar refractivity (Wildman–Crippen MR) is 119 cm³/mol. The number of carbonyl (C=O) groups excluding carboxylic acids is 1. The summed E-state index contributed by atoms with van der Waals surface area (Å²) >= 11 is 5.81. The molecule has 0 bridgehead atoms. The minimum atomic E-state index is -0.0276. The van der Waals surface area contributed by atoms with Crippen LogP contribution in [0.2, 0.25) is 5.15 Å². The van der Waals surface area contributed by atoms with Crippen molar-refractivity contribution in [3.8, 4) is 0 Å². The Labute approximate surface area is 178 Å². The van der Waals surface area contributed by atoms with E-state index >= 15 is 0 Å². The first-order valence-electron chi connectivity index (χ1n) is 10.1. The van der Waals surface area contributed by atoms with E-state index in [1.807, 2.05) is 37.3 Å². The van der Waals surface area contributed by atoms with Crippen LogP contribution in [0.3, 0.4) is 0 Å². The van der Waals surface area contributed by atoms with E-state index in [1.165, 1.54) is 0 Å². The minimum absolute atomic E-state index is 0.0276. The molecule has 6 nitrogen and oxygen atoms in total. The van der Waals surface area contributed by atoms with Crippen LogP contribution in [0.25, 0.3) is 0 Å². The molecule has 0 aliphatic carbocycles. The third-order valence-electron chi connectivity index (χ3n) is 4.29. The molecule has 0 aliphatic rings. The zero-order chi connectivity index (χ0) is 20.9. The van der Waals surface area contributed by atoms with Gasteiger partial charge in [0, 0.05) is 31.4 Å². The lowest BCUT2D eigenvalue weighted by Gasteiger charge is -2.11. The van der Waals surface area contributed by atoms with Gasteiger partial charge in [-0.05, 0) is 49.1 Å². The molecule has 1 amide bonds. The summed E-state index contributed by atoms with van der Waals surface area (Å²) in [5.74, 6) is 0.732. The van der Waals surface area contributed by atoms with Crippen molar-refractivity contribution >= 4 is 23.5 Å². The Kier molecular flexibility index (Phi) is 10.00. The van der Waals surface area contributed by atoms with Crippen molar-refractivity contribution in [3.05, 3.63) is 64.4 Å². The van der Waals surface area contributed by atoms with Gasteiger partial charge < -0.3 is 16.0 Å². The molecular formula is C22H30ClN5O. The van der Waals surface area contributed by atoms with Crippen LogP contribution in [0, 0.1) is 0 Å². The number of hydrogen-bond acceptors (Lipinski definition) is 3. The fourth-order valence-corrected chi connectivity index (χ4v) is 2.75. The number of nitrogens with zero attached hydrogens (tertiary/aromatic N) is 2. The van der Waals surface area contributed by atoms with Gasteiger partial charge in [-0.15, -0.1) is 0 Å². The van der Waals surface area contributed by atoms with Gasteiger partial charge in [0.05, 0.1) is 6.54 Å². The highest BCUT2D eigenvalue weighted by atomic mass is 35.5. The Morgan fingerprint density at radius 1 is 1.00 bits per heavy atom. The number of halogens is 1. The lowest BCUT2D eigenvalue weighted by Crippen LogP contribution is -2.38. The standard InChI is InChI=1S/C22H30ClN5O/c1-3-5-13-25-21(29)19-9-6-17(7-10-19)16-28-22(24-4-2)26-14-12-18-8-11-20(23)27-15-18/h6-11,15H,3-5,12-14,16H2,1-2H3,(H,25,29)(H2,24,26,28). The highest BCUT2D eigenvalue weighted by Gasteiger charge is 2.04. The SMILES string of the molecule is CCCCNC(=O)c1ccc(CN=C(NCC)NCCc2ccc(Cl)nc2)cc1. The first kappa shape index (κ1) is 22.7. The maximum Gasteiger partial charge on any atom is 0.251 e. The third-order valence-corrected chi connectivity index (χ3v) is 4.51. The molecule has 1 aromatic carbocycles. The summed E-state index contributed by atoms with van der Waals surface area (Å²) in [5.41, 5.74) is 2.84. The monoisotopic (exact) mass is 415 g/mol. The maximum atomic E-state index is 12.1. The molecule has 2 rings (SSSR count). The summed E-state index contributed by atoms with van der Waals surface area (Å²) in [4.78, 5) is 20.8. The Bertz CT molecular complexity index is 775. The quantitative estimate of drug-likeness (QED) is 0.240. The number of guanidine groups is 1. The number of pyridine rings is 1. The van der Waals surface area contributed by atoms with E-state index in [9.17, 15) is 4.79 Å². The highest BCUT2D eigenvalue weighted by molar-refractivity contribution is 6.29. The molecule has 0 saturated carbocycles. The Morgan fingerprint density at radius 3 is 2.41 bits per heavy atom. The number of unbranched alkanes of at least 4 members (excludes halogenated alkanes) is 1. The summed E-state index contributed by atoms with van der Waals surface area (Å²) in [7, 11) is 0. The van der Waals surface area contributed by atoms with Crippen LogP contribution in [0.15, 0.2) is 47.6 Å². The fraction of sp³-hybridized carbons (Fsp3) is 0.409. The van der Waals surface area contributed by atoms with Gasteiger partial charge in [-0.2, -0.15) is 0 Å². The second-order valence-corrected chi connectivity index (χ2v) is 7.05. The zero-order valence-electron chi connectivity index (χ0n) is 17.2. The van der Waals surface area contributed by atoms with Crippen LogP contribution in [0.1, 0.15) is 48.2 Å². The van der Waals surface area contributed by atoms with Crippen LogP contribution in [0.4, 0.5) is 0 Å². The van der Waals surface area contributed by atoms with Crippen molar-refractivity contribution in [2.45, 2.75) is 39.7 Å². The molecule has 1 aromatic heterocycles. The van der Waals surface area contributed by atoms with Crippen LogP contribution in [-0.4, -0.2) is 36.5 Å². The van der Waals surface area contributed by atoms with Crippen LogP contribution < -0.4 is 16.0 Å². The molecular weight excluding hydrogens is 386 g/mol. The van der Waals surface area contributed by atoms with E-state index in [0.717, 1.165) is 49.4 Å². The zero-order valence-corrected chi connectivity index (χ0v) is 17.9. The molecule has 0 aliphatic heterocycles. The van der Waals surface area contributed by atoms with Gasteiger partial charge in [-0.1, -0.05) is 43.1 Å². The molecule has 0 unspecified atom stereocenters. The summed E-state index contributed by atoms with van der Waals surface area (Å²) in [6.07, 6.45) is 4.67. The molecule has 29 heavy (non-hydrogen) atoms. The van der Waals surface area contributed by atoms with Gasteiger partial charge in [0.25, 0.3) is 5.91 Å². The van der Waals surface area contributed by atoms with Crippen LogP contribution >= 0.6 is 11.6 Å². The lowest BCUT2D eigenvalue weighted by molar-refractivity contribution is 0.0953. The average molecular weight is 416 g/mol. The average Bonchev–Trinajstić information content (AvgIpc) is 2.74. The molecule has 0 saturated heterocycles. The molecule has 7 heteroatoms. The molecule has 156 valence electrons. The molecule has 2 aromatic rings. The van der Waals surface area contributed by atoms with Crippen molar-refractivity contribution in [1.29, 1.82) is 0 Å². The summed E-state index contributed by atoms with van der Waals surface area (Å²) in [6.45, 7) is 6.91. The van der Waals surface area contributed by atoms with Gasteiger partial charge in [0.2, 0.25) is 0 Å². The van der Waals surface area contributed by atoms with Crippen LogP contribution in [-0.2, 0) is 13.0 Å².